The van der Waals surface area contributed by atoms with Gasteiger partial charge in [0.05, 0.1) is 12.0 Å². The van der Waals surface area contributed by atoms with Gasteiger partial charge in [-0.15, -0.1) is 0 Å². The molecule has 0 aromatic carbocycles. The van der Waals surface area contributed by atoms with Gasteiger partial charge in [-0.2, -0.15) is 0 Å². The zero-order valence-electron chi connectivity index (χ0n) is 8.20. The minimum atomic E-state index is 0.164. The Morgan fingerprint density at radius 1 is 1.42 bits per heavy atom. The topological polar surface area (TPSA) is 43.8 Å². The zero-order valence-corrected chi connectivity index (χ0v) is 8.20. The second-order valence-corrected chi connectivity index (χ2v) is 3.42. The lowest BCUT2D eigenvalue weighted by molar-refractivity contribution is 0.457. The van der Waals surface area contributed by atoms with Crippen molar-refractivity contribution in [1.82, 2.24) is 9.55 Å². The summed E-state index contributed by atoms with van der Waals surface area (Å²) in [5.74, 6) is 0. The molecule has 0 saturated carbocycles. The Morgan fingerprint density at radius 2 is 2.00 bits per heavy atom. The molecule has 3 heteroatoms. The Bertz CT molecular complexity index is 263. The van der Waals surface area contributed by atoms with Gasteiger partial charge in [-0.05, 0) is 27.7 Å². The SMILES string of the molecule is Cc1ncn(C(C)C(C)N)c1C. The highest BCUT2D eigenvalue weighted by Crippen LogP contribution is 2.14. The number of rotatable bonds is 2. The van der Waals surface area contributed by atoms with Crippen LogP contribution in [0.5, 0.6) is 0 Å². The molecule has 1 rings (SSSR count). The molecule has 0 aliphatic rings. The Morgan fingerprint density at radius 3 is 2.33 bits per heavy atom. The summed E-state index contributed by atoms with van der Waals surface area (Å²) in [6.07, 6.45) is 1.86. The van der Waals surface area contributed by atoms with Crippen molar-refractivity contribution in [2.24, 2.45) is 5.73 Å². The number of hydrogen-bond donors (Lipinski definition) is 1. The number of imidazole rings is 1. The van der Waals surface area contributed by atoms with Crippen LogP contribution in [0.1, 0.15) is 31.3 Å². The fraction of sp³-hybridized carbons (Fsp3) is 0.667. The monoisotopic (exact) mass is 167 g/mol. The van der Waals surface area contributed by atoms with Gasteiger partial charge in [0.15, 0.2) is 0 Å². The first-order valence-corrected chi connectivity index (χ1v) is 4.29. The molecular weight excluding hydrogens is 150 g/mol. The fourth-order valence-electron chi connectivity index (χ4n) is 1.18. The van der Waals surface area contributed by atoms with Crippen LogP contribution >= 0.6 is 0 Å². The third-order valence-electron chi connectivity index (χ3n) is 2.49. The molecule has 0 fully saturated rings. The van der Waals surface area contributed by atoms with Gasteiger partial charge in [0, 0.05) is 17.8 Å². The molecule has 0 aliphatic carbocycles. The highest BCUT2D eigenvalue weighted by atomic mass is 15.1. The largest absolute Gasteiger partial charge is 0.330 e. The Hall–Kier alpha value is -0.830. The van der Waals surface area contributed by atoms with Gasteiger partial charge in [0.25, 0.3) is 0 Å². The highest BCUT2D eigenvalue weighted by Gasteiger charge is 2.12. The molecule has 1 heterocycles. The molecule has 0 aliphatic heterocycles. The Labute approximate surface area is 73.6 Å². The molecule has 3 nitrogen and oxygen atoms in total. The normalized spacial score (nSPS) is 16.1. The van der Waals surface area contributed by atoms with E-state index in [4.69, 9.17) is 5.73 Å². The van der Waals surface area contributed by atoms with Gasteiger partial charge >= 0.3 is 0 Å². The molecule has 1 aromatic rings. The number of nitrogens with zero attached hydrogens (tertiary/aromatic N) is 2. The Kier molecular flexibility index (Phi) is 2.52. The van der Waals surface area contributed by atoms with Gasteiger partial charge in [-0.3, -0.25) is 0 Å². The van der Waals surface area contributed by atoms with E-state index in [1.807, 2.05) is 20.2 Å². The van der Waals surface area contributed by atoms with E-state index < -0.39 is 0 Å². The van der Waals surface area contributed by atoms with Crippen molar-refractivity contribution in [2.45, 2.75) is 39.8 Å². The quantitative estimate of drug-likeness (QED) is 0.723. The number of aromatic nitrogens is 2. The van der Waals surface area contributed by atoms with Crippen LogP contribution < -0.4 is 5.73 Å². The highest BCUT2D eigenvalue weighted by molar-refractivity contribution is 5.09. The lowest BCUT2D eigenvalue weighted by Crippen LogP contribution is -2.27. The van der Waals surface area contributed by atoms with E-state index in [2.05, 4.69) is 23.4 Å². The van der Waals surface area contributed by atoms with Crippen LogP contribution in [0.15, 0.2) is 6.33 Å². The summed E-state index contributed by atoms with van der Waals surface area (Å²) >= 11 is 0. The van der Waals surface area contributed by atoms with E-state index in [1.54, 1.807) is 0 Å². The molecule has 0 amide bonds. The van der Waals surface area contributed by atoms with Crippen LogP contribution in [-0.2, 0) is 0 Å². The third-order valence-corrected chi connectivity index (χ3v) is 2.49. The number of nitrogens with two attached hydrogens (primary N) is 1. The van der Waals surface area contributed by atoms with Crippen LogP contribution in [0, 0.1) is 13.8 Å². The minimum absolute atomic E-state index is 0.164. The summed E-state index contributed by atoms with van der Waals surface area (Å²) in [7, 11) is 0. The van der Waals surface area contributed by atoms with E-state index in [1.165, 1.54) is 5.69 Å². The van der Waals surface area contributed by atoms with Gasteiger partial charge in [0.1, 0.15) is 0 Å². The van der Waals surface area contributed by atoms with Crippen molar-refractivity contribution >= 4 is 0 Å². The summed E-state index contributed by atoms with van der Waals surface area (Å²) < 4.78 is 2.12. The lowest BCUT2D eigenvalue weighted by atomic mass is 10.2. The van der Waals surface area contributed by atoms with Crippen molar-refractivity contribution in [3.8, 4) is 0 Å². The van der Waals surface area contributed by atoms with Crippen LogP contribution in [0.2, 0.25) is 0 Å². The van der Waals surface area contributed by atoms with Crippen LogP contribution in [-0.4, -0.2) is 15.6 Å². The maximum absolute atomic E-state index is 5.80. The molecule has 0 saturated heterocycles. The standard InChI is InChI=1S/C9H17N3/c1-6(10)8(3)12-5-11-7(2)9(12)4/h5-6,8H,10H2,1-4H3. The number of hydrogen-bond acceptors (Lipinski definition) is 2. The van der Waals surface area contributed by atoms with Crippen molar-refractivity contribution in [3.05, 3.63) is 17.7 Å². The minimum Gasteiger partial charge on any atom is -0.330 e. The van der Waals surface area contributed by atoms with Gasteiger partial charge < -0.3 is 10.3 Å². The van der Waals surface area contributed by atoms with E-state index in [0.29, 0.717) is 6.04 Å². The van der Waals surface area contributed by atoms with Crippen molar-refractivity contribution in [2.75, 3.05) is 0 Å². The molecule has 2 atom stereocenters. The molecule has 12 heavy (non-hydrogen) atoms. The average molecular weight is 167 g/mol. The van der Waals surface area contributed by atoms with Gasteiger partial charge in [-0.1, -0.05) is 0 Å². The summed E-state index contributed by atoms with van der Waals surface area (Å²) in [4.78, 5) is 4.23. The second-order valence-electron chi connectivity index (χ2n) is 3.42. The average Bonchev–Trinajstić information content (AvgIpc) is 2.32. The predicted octanol–water partition coefficient (Wildman–Crippen LogP) is 1.41. The molecule has 68 valence electrons. The number of aryl methyl sites for hydroxylation is 1. The van der Waals surface area contributed by atoms with Gasteiger partial charge in [-0.25, -0.2) is 4.98 Å². The van der Waals surface area contributed by atoms with E-state index >= 15 is 0 Å². The summed E-state index contributed by atoms with van der Waals surface area (Å²) in [6.45, 7) is 8.21. The van der Waals surface area contributed by atoms with Crippen molar-refractivity contribution in [3.63, 3.8) is 0 Å². The maximum atomic E-state index is 5.80. The maximum Gasteiger partial charge on any atom is 0.0954 e. The molecule has 1 aromatic heterocycles. The van der Waals surface area contributed by atoms with Crippen LogP contribution in [0.3, 0.4) is 0 Å². The molecular formula is C9H17N3. The van der Waals surface area contributed by atoms with E-state index in [-0.39, 0.29) is 6.04 Å². The van der Waals surface area contributed by atoms with Crippen LogP contribution in [0.4, 0.5) is 0 Å². The molecule has 2 N–H and O–H groups in total. The summed E-state index contributed by atoms with van der Waals surface area (Å²) in [6, 6.07) is 0.489. The first kappa shape index (κ1) is 9.26. The van der Waals surface area contributed by atoms with E-state index in [9.17, 15) is 0 Å². The second kappa shape index (κ2) is 3.27. The summed E-state index contributed by atoms with van der Waals surface area (Å²) in [5.41, 5.74) is 8.09. The smallest absolute Gasteiger partial charge is 0.0954 e. The first-order valence-electron chi connectivity index (χ1n) is 4.29. The van der Waals surface area contributed by atoms with Crippen molar-refractivity contribution in [1.29, 1.82) is 0 Å². The summed E-state index contributed by atoms with van der Waals surface area (Å²) in [5, 5.41) is 0. The predicted molar refractivity (Wildman–Crippen MR) is 50.1 cm³/mol. The Balaban J connectivity index is 2.95. The van der Waals surface area contributed by atoms with Crippen molar-refractivity contribution < 1.29 is 0 Å². The molecule has 2 unspecified atom stereocenters. The molecule has 0 bridgehead atoms. The molecule has 0 radical (unpaired) electrons. The van der Waals surface area contributed by atoms with E-state index in [0.717, 1.165) is 5.69 Å². The van der Waals surface area contributed by atoms with Gasteiger partial charge in [0.2, 0.25) is 0 Å². The lowest BCUT2D eigenvalue weighted by Gasteiger charge is -2.18. The van der Waals surface area contributed by atoms with Crippen LogP contribution in [0.25, 0.3) is 0 Å². The fourth-order valence-corrected chi connectivity index (χ4v) is 1.18. The molecule has 0 spiro atoms. The zero-order chi connectivity index (χ0) is 9.30. The first-order chi connectivity index (χ1) is 5.54. The third kappa shape index (κ3) is 1.50.